The van der Waals surface area contributed by atoms with Crippen LogP contribution in [0, 0.1) is 0 Å². The number of fused-ring (bicyclic) bond motifs is 1. The maximum Gasteiger partial charge on any atom is 0.359 e. The van der Waals surface area contributed by atoms with E-state index in [1.165, 1.54) is 11.7 Å². The van der Waals surface area contributed by atoms with Crippen molar-refractivity contribution >= 4 is 34.5 Å². The van der Waals surface area contributed by atoms with Gasteiger partial charge < -0.3 is 19.2 Å². The molecular weight excluding hydrogens is 358 g/mol. The minimum absolute atomic E-state index is 0.0332. The van der Waals surface area contributed by atoms with Gasteiger partial charge in [0, 0.05) is 27.1 Å². The molecule has 8 nitrogen and oxygen atoms in total. The Kier molecular flexibility index (Phi) is 4.94. The van der Waals surface area contributed by atoms with Gasteiger partial charge in [-0.2, -0.15) is 0 Å². The van der Waals surface area contributed by atoms with Gasteiger partial charge in [-0.05, 0) is 23.7 Å². The van der Waals surface area contributed by atoms with Gasteiger partial charge in [0.2, 0.25) is 5.28 Å². The second-order valence-electron chi connectivity index (χ2n) is 5.71. The number of ether oxygens (including phenoxy) is 1. The van der Waals surface area contributed by atoms with Crippen LogP contribution in [-0.2, 0) is 25.3 Å². The summed E-state index contributed by atoms with van der Waals surface area (Å²) in [7, 11) is 4.71. The van der Waals surface area contributed by atoms with Crippen molar-refractivity contribution in [2.45, 2.75) is 6.42 Å². The Hall–Kier alpha value is -2.87. The number of carbonyl (C=O) groups excluding carboxylic acids is 2. The number of esters is 1. The molecule has 0 spiro atoms. The van der Waals surface area contributed by atoms with Gasteiger partial charge in [-0.3, -0.25) is 4.79 Å². The number of rotatable bonds is 5. The van der Waals surface area contributed by atoms with Crippen molar-refractivity contribution in [2.75, 3.05) is 13.7 Å². The Balaban J connectivity index is 1.73. The first kappa shape index (κ1) is 17.9. The maximum atomic E-state index is 12.5. The quantitative estimate of drug-likeness (QED) is 0.685. The molecule has 3 rings (SSSR count). The lowest BCUT2D eigenvalue weighted by Crippen LogP contribution is -2.29. The molecule has 1 N–H and O–H groups in total. The van der Waals surface area contributed by atoms with E-state index in [-0.39, 0.29) is 16.7 Å². The number of methoxy groups -OCH3 is 1. The highest BCUT2D eigenvalue weighted by molar-refractivity contribution is 6.29. The van der Waals surface area contributed by atoms with Crippen LogP contribution in [0.2, 0.25) is 5.28 Å². The van der Waals surface area contributed by atoms with Crippen molar-refractivity contribution in [3.05, 3.63) is 46.8 Å². The summed E-state index contributed by atoms with van der Waals surface area (Å²) in [6, 6.07) is 7.82. The molecule has 0 radical (unpaired) electrons. The van der Waals surface area contributed by atoms with Crippen molar-refractivity contribution in [3.63, 3.8) is 0 Å². The molecule has 0 atom stereocenters. The number of aryl methyl sites for hydroxylation is 1. The highest BCUT2D eigenvalue weighted by Gasteiger charge is 2.25. The van der Waals surface area contributed by atoms with Gasteiger partial charge in [-0.1, -0.05) is 12.1 Å². The number of imidazole rings is 2. The zero-order valence-electron chi connectivity index (χ0n) is 14.6. The van der Waals surface area contributed by atoms with Gasteiger partial charge in [-0.25, -0.2) is 14.8 Å². The van der Waals surface area contributed by atoms with Crippen molar-refractivity contribution in [1.29, 1.82) is 0 Å². The van der Waals surface area contributed by atoms with Crippen molar-refractivity contribution in [1.82, 2.24) is 24.4 Å². The van der Waals surface area contributed by atoms with Crippen LogP contribution in [0.15, 0.2) is 24.3 Å². The number of hydrogen-bond acceptors (Lipinski definition) is 5. The third-order valence-corrected chi connectivity index (χ3v) is 4.49. The SMILES string of the molecule is COC(=O)c1nc(Cl)n(C)c1C(=O)NCCc1nc2ccccc2n1C. The minimum atomic E-state index is -0.715. The lowest BCUT2D eigenvalue weighted by Gasteiger charge is -2.07. The number of para-hydroxylation sites is 2. The van der Waals surface area contributed by atoms with Crippen LogP contribution in [0.25, 0.3) is 11.0 Å². The lowest BCUT2D eigenvalue weighted by atomic mass is 10.3. The molecule has 1 amide bonds. The third kappa shape index (κ3) is 3.15. The van der Waals surface area contributed by atoms with Crippen LogP contribution in [-0.4, -0.2) is 44.6 Å². The summed E-state index contributed by atoms with van der Waals surface area (Å²) in [6.07, 6.45) is 0.538. The molecule has 3 aromatic rings. The number of benzene rings is 1. The van der Waals surface area contributed by atoms with Crippen LogP contribution in [0.1, 0.15) is 26.8 Å². The number of aromatic nitrogens is 4. The van der Waals surface area contributed by atoms with E-state index in [9.17, 15) is 9.59 Å². The summed E-state index contributed by atoms with van der Waals surface area (Å²) in [5, 5.41) is 2.81. The predicted molar refractivity (Wildman–Crippen MR) is 96.3 cm³/mol. The number of carbonyl (C=O) groups is 2. The lowest BCUT2D eigenvalue weighted by molar-refractivity contribution is 0.0589. The van der Waals surface area contributed by atoms with E-state index in [0.717, 1.165) is 16.9 Å². The Morgan fingerprint density at radius 3 is 2.62 bits per heavy atom. The Labute approximate surface area is 154 Å². The molecule has 2 heterocycles. The average molecular weight is 376 g/mol. The minimum Gasteiger partial charge on any atom is -0.464 e. The maximum absolute atomic E-state index is 12.5. The Bertz CT molecular complexity index is 992. The number of nitrogens with one attached hydrogen (secondary N) is 1. The molecule has 9 heteroatoms. The van der Waals surface area contributed by atoms with Gasteiger partial charge in [-0.15, -0.1) is 0 Å². The van der Waals surface area contributed by atoms with Gasteiger partial charge in [0.05, 0.1) is 18.1 Å². The topological polar surface area (TPSA) is 91.0 Å². The zero-order chi connectivity index (χ0) is 18.8. The van der Waals surface area contributed by atoms with Gasteiger partial charge in [0.25, 0.3) is 5.91 Å². The fraction of sp³-hybridized carbons (Fsp3) is 0.294. The van der Waals surface area contributed by atoms with Crippen molar-refractivity contribution in [3.8, 4) is 0 Å². The van der Waals surface area contributed by atoms with E-state index in [2.05, 4.69) is 20.0 Å². The number of halogens is 1. The number of amides is 1. The molecule has 0 fully saturated rings. The van der Waals surface area contributed by atoms with Crippen molar-refractivity contribution < 1.29 is 14.3 Å². The first-order valence-corrected chi connectivity index (χ1v) is 8.31. The molecule has 0 aliphatic rings. The molecule has 0 saturated carbocycles. The fourth-order valence-electron chi connectivity index (χ4n) is 2.76. The van der Waals surface area contributed by atoms with E-state index < -0.39 is 11.9 Å². The smallest absolute Gasteiger partial charge is 0.359 e. The molecule has 1 aromatic carbocycles. The molecule has 0 unspecified atom stereocenters. The molecule has 0 bridgehead atoms. The highest BCUT2D eigenvalue weighted by Crippen LogP contribution is 2.16. The summed E-state index contributed by atoms with van der Waals surface area (Å²) in [5.74, 6) is -0.318. The van der Waals surface area contributed by atoms with E-state index in [4.69, 9.17) is 11.6 Å². The predicted octanol–water partition coefficient (Wildman–Crippen LogP) is 1.72. The summed E-state index contributed by atoms with van der Waals surface area (Å²) < 4.78 is 7.99. The molecule has 0 aliphatic carbocycles. The monoisotopic (exact) mass is 375 g/mol. The summed E-state index contributed by atoms with van der Waals surface area (Å²) in [6.45, 7) is 0.347. The van der Waals surface area contributed by atoms with E-state index in [0.29, 0.717) is 13.0 Å². The van der Waals surface area contributed by atoms with E-state index >= 15 is 0 Å². The van der Waals surface area contributed by atoms with Crippen LogP contribution in [0.3, 0.4) is 0 Å². The highest BCUT2D eigenvalue weighted by atomic mass is 35.5. The molecule has 0 saturated heterocycles. The van der Waals surface area contributed by atoms with Gasteiger partial charge >= 0.3 is 5.97 Å². The van der Waals surface area contributed by atoms with Crippen molar-refractivity contribution in [2.24, 2.45) is 14.1 Å². The van der Waals surface area contributed by atoms with E-state index in [1.807, 2.05) is 35.9 Å². The largest absolute Gasteiger partial charge is 0.464 e. The van der Waals surface area contributed by atoms with Crippen LogP contribution in [0.5, 0.6) is 0 Å². The molecule has 2 aromatic heterocycles. The Morgan fingerprint density at radius 1 is 1.19 bits per heavy atom. The van der Waals surface area contributed by atoms with Crippen LogP contribution < -0.4 is 5.32 Å². The summed E-state index contributed by atoms with van der Waals surface area (Å²) in [4.78, 5) is 32.7. The standard InChI is InChI=1S/C17H18ClN5O3/c1-22-11-7-5-4-6-10(11)20-12(22)8-9-19-15(24)14-13(16(25)26-3)21-17(18)23(14)2/h4-7H,8-9H2,1-3H3,(H,19,24). The second-order valence-corrected chi connectivity index (χ2v) is 6.05. The average Bonchev–Trinajstić information content (AvgIpc) is 3.12. The van der Waals surface area contributed by atoms with Gasteiger partial charge in [0.1, 0.15) is 11.5 Å². The first-order valence-electron chi connectivity index (χ1n) is 7.93. The molecule has 26 heavy (non-hydrogen) atoms. The molecular formula is C17H18ClN5O3. The molecule has 136 valence electrons. The first-order chi connectivity index (χ1) is 12.4. The fourth-order valence-corrected chi connectivity index (χ4v) is 2.93. The number of nitrogens with zero attached hydrogens (tertiary/aromatic N) is 4. The zero-order valence-corrected chi connectivity index (χ0v) is 15.4. The van der Waals surface area contributed by atoms with Crippen LogP contribution in [0.4, 0.5) is 0 Å². The van der Waals surface area contributed by atoms with Crippen LogP contribution >= 0.6 is 11.6 Å². The molecule has 0 aliphatic heterocycles. The second kappa shape index (κ2) is 7.17. The summed E-state index contributed by atoms with van der Waals surface area (Å²) in [5.41, 5.74) is 1.88. The van der Waals surface area contributed by atoms with Gasteiger partial charge in [0.15, 0.2) is 5.69 Å². The third-order valence-electron chi connectivity index (χ3n) is 4.15. The number of hydrogen-bond donors (Lipinski definition) is 1. The summed E-state index contributed by atoms with van der Waals surface area (Å²) >= 11 is 5.93. The normalized spacial score (nSPS) is 10.9. The Morgan fingerprint density at radius 2 is 1.92 bits per heavy atom. The van der Waals surface area contributed by atoms with E-state index in [1.54, 1.807) is 7.05 Å².